The molecular weight excluding hydrogens is 364 g/mol. The number of hydrogen-bond donors (Lipinski definition) is 2. The fourth-order valence-electron chi connectivity index (χ4n) is 3.69. The van der Waals surface area contributed by atoms with Crippen LogP contribution in [0.25, 0.3) is 0 Å². The molecule has 1 unspecified atom stereocenters. The molecule has 0 aromatic carbocycles. The maximum absolute atomic E-state index is 12.8. The van der Waals surface area contributed by atoms with E-state index in [1.165, 1.54) is 11.8 Å². The lowest BCUT2D eigenvalue weighted by atomic mass is 9.86. The molecule has 2 amide bonds. The van der Waals surface area contributed by atoms with Gasteiger partial charge in [-0.1, -0.05) is 57.7 Å². The summed E-state index contributed by atoms with van der Waals surface area (Å²) in [6, 6.07) is -0.788. The van der Waals surface area contributed by atoms with Gasteiger partial charge in [0.1, 0.15) is 6.04 Å². The van der Waals surface area contributed by atoms with E-state index in [9.17, 15) is 14.4 Å². The average molecular weight is 397 g/mol. The summed E-state index contributed by atoms with van der Waals surface area (Å²) in [7, 11) is 1.89. The van der Waals surface area contributed by atoms with Crippen LogP contribution in [0.2, 0.25) is 0 Å². The highest BCUT2D eigenvalue weighted by atomic mass is 32.2. The second-order valence-electron chi connectivity index (χ2n) is 7.37. The fraction of sp³-hybridized carbons (Fsp3) is 0.789. The molecule has 1 atom stereocenters. The highest BCUT2D eigenvalue weighted by Crippen LogP contribution is 2.24. The van der Waals surface area contributed by atoms with Gasteiger partial charge in [0.05, 0.1) is 0 Å². The summed E-state index contributed by atoms with van der Waals surface area (Å²) in [6.07, 6.45) is 6.41. The van der Waals surface area contributed by atoms with Crippen LogP contribution in [0.1, 0.15) is 58.8 Å². The van der Waals surface area contributed by atoms with E-state index in [-0.39, 0.29) is 17.7 Å². The predicted octanol–water partition coefficient (Wildman–Crippen LogP) is 2.12. The Balaban J connectivity index is 2.03. The van der Waals surface area contributed by atoms with Crippen molar-refractivity contribution < 1.29 is 14.4 Å². The zero-order valence-electron chi connectivity index (χ0n) is 16.6. The van der Waals surface area contributed by atoms with Crippen molar-refractivity contribution in [3.05, 3.63) is 0 Å². The van der Waals surface area contributed by atoms with Crippen LogP contribution in [0, 0.1) is 11.8 Å². The van der Waals surface area contributed by atoms with Gasteiger partial charge in [0.15, 0.2) is 5.17 Å². The van der Waals surface area contributed by atoms with Crippen LogP contribution in [-0.2, 0) is 14.4 Å². The third-order valence-electron chi connectivity index (χ3n) is 5.54. The lowest BCUT2D eigenvalue weighted by Crippen LogP contribution is -2.52. The maximum Gasteiger partial charge on any atom is 0.309 e. The van der Waals surface area contributed by atoms with Crippen LogP contribution in [0.5, 0.6) is 0 Å². The normalized spacial score (nSPS) is 20.7. The minimum Gasteiger partial charge on any atom is -0.352 e. The first-order valence-corrected chi connectivity index (χ1v) is 11.0. The van der Waals surface area contributed by atoms with Gasteiger partial charge in [-0.3, -0.25) is 14.4 Å². The number of nitrogens with one attached hydrogen (secondary N) is 2. The highest BCUT2D eigenvalue weighted by Gasteiger charge is 2.34. The Kier molecular flexibility index (Phi) is 8.60. The van der Waals surface area contributed by atoms with Crippen LogP contribution in [0.4, 0.5) is 0 Å². The zero-order valence-corrected chi connectivity index (χ0v) is 17.4. The molecule has 1 aliphatic carbocycles. The quantitative estimate of drug-likeness (QED) is 0.484. The van der Waals surface area contributed by atoms with Crippen LogP contribution in [-0.4, -0.2) is 53.1 Å². The molecule has 0 spiro atoms. The minimum atomic E-state index is -0.788. The summed E-state index contributed by atoms with van der Waals surface area (Å²) in [5.41, 5.74) is 2.38. The third-order valence-corrected chi connectivity index (χ3v) is 6.59. The van der Waals surface area contributed by atoms with Gasteiger partial charge in [-0.2, -0.15) is 0 Å². The number of thioether (sulfide) groups is 1. The number of hydrogen-bond acceptors (Lipinski definition) is 5. The largest absolute Gasteiger partial charge is 0.352 e. The van der Waals surface area contributed by atoms with Crippen molar-refractivity contribution in [1.29, 1.82) is 0 Å². The number of ketones is 1. The Labute approximate surface area is 166 Å². The number of hydrazone groups is 1. The number of carbonyl (C=O) groups is 3. The molecule has 1 saturated carbocycles. The van der Waals surface area contributed by atoms with E-state index in [0.717, 1.165) is 57.2 Å². The predicted molar refractivity (Wildman–Crippen MR) is 108 cm³/mol. The van der Waals surface area contributed by atoms with Gasteiger partial charge in [-0.05, 0) is 18.8 Å². The van der Waals surface area contributed by atoms with Crippen molar-refractivity contribution in [3.8, 4) is 0 Å². The molecule has 2 fully saturated rings. The molecule has 0 bridgehead atoms. The molecule has 152 valence electrons. The highest BCUT2D eigenvalue weighted by molar-refractivity contribution is 8.14. The second kappa shape index (κ2) is 10.7. The molecule has 1 saturated heterocycles. The van der Waals surface area contributed by atoms with Gasteiger partial charge in [-0.15, -0.1) is 5.10 Å². The van der Waals surface area contributed by atoms with Crippen LogP contribution in [0.15, 0.2) is 5.10 Å². The number of nitrogens with zero attached hydrogens (tertiary/aromatic N) is 2. The molecule has 1 aliphatic heterocycles. The van der Waals surface area contributed by atoms with Crippen LogP contribution < -0.4 is 10.7 Å². The van der Waals surface area contributed by atoms with Crippen molar-refractivity contribution in [1.82, 2.24) is 15.6 Å². The standard InChI is InChI=1S/C19H32N4O3S/c1-4-13(5-2)15(20-17(25)14-9-7-6-8-10-14)16(24)18(26)21-22-19-23(3)11-12-27-19/h13-15H,4-12H2,1-3H3,(H,20,25)(H,21,26)/b22-19-. The lowest BCUT2D eigenvalue weighted by molar-refractivity contribution is -0.141. The summed E-state index contributed by atoms with van der Waals surface area (Å²) in [5, 5.41) is 7.65. The van der Waals surface area contributed by atoms with E-state index in [0.29, 0.717) is 5.17 Å². The summed E-state index contributed by atoms with van der Waals surface area (Å²) in [5.74, 6) is -0.660. The number of Topliss-reactive ketones (excluding diaryl/α,β-unsaturated/α-hetero) is 1. The monoisotopic (exact) mass is 396 g/mol. The fourth-order valence-corrected chi connectivity index (χ4v) is 4.66. The van der Waals surface area contributed by atoms with E-state index in [4.69, 9.17) is 0 Å². The van der Waals surface area contributed by atoms with Crippen molar-refractivity contribution >= 4 is 34.5 Å². The molecule has 0 aromatic rings. The van der Waals surface area contributed by atoms with E-state index in [2.05, 4.69) is 15.8 Å². The maximum atomic E-state index is 12.8. The van der Waals surface area contributed by atoms with Crippen molar-refractivity contribution in [2.24, 2.45) is 16.9 Å². The van der Waals surface area contributed by atoms with Gasteiger partial charge in [0, 0.05) is 25.3 Å². The first-order valence-electron chi connectivity index (χ1n) is 10.0. The number of amidine groups is 1. The Hall–Kier alpha value is -1.57. The molecule has 2 aliphatic rings. The first kappa shape index (κ1) is 21.7. The third kappa shape index (κ3) is 5.96. The summed E-state index contributed by atoms with van der Waals surface area (Å²) >= 11 is 1.54. The molecule has 8 heteroatoms. The Morgan fingerprint density at radius 3 is 2.41 bits per heavy atom. The number of amides is 2. The van der Waals surface area contributed by atoms with Crippen molar-refractivity contribution in [3.63, 3.8) is 0 Å². The van der Waals surface area contributed by atoms with E-state index in [1.807, 2.05) is 25.8 Å². The van der Waals surface area contributed by atoms with Gasteiger partial charge in [-0.25, -0.2) is 5.43 Å². The molecule has 27 heavy (non-hydrogen) atoms. The van der Waals surface area contributed by atoms with Gasteiger partial charge >= 0.3 is 5.91 Å². The van der Waals surface area contributed by atoms with Gasteiger partial charge in [0.25, 0.3) is 0 Å². The van der Waals surface area contributed by atoms with Crippen molar-refractivity contribution in [2.75, 3.05) is 19.3 Å². The topological polar surface area (TPSA) is 90.9 Å². The molecule has 0 radical (unpaired) electrons. The average Bonchev–Trinajstić information content (AvgIpc) is 3.11. The molecule has 2 rings (SSSR count). The second-order valence-corrected chi connectivity index (χ2v) is 8.43. The Morgan fingerprint density at radius 2 is 1.85 bits per heavy atom. The molecule has 0 aromatic heterocycles. The van der Waals surface area contributed by atoms with Crippen LogP contribution in [0.3, 0.4) is 0 Å². The summed E-state index contributed by atoms with van der Waals surface area (Å²) in [4.78, 5) is 39.8. The summed E-state index contributed by atoms with van der Waals surface area (Å²) in [6.45, 7) is 4.81. The smallest absolute Gasteiger partial charge is 0.309 e. The van der Waals surface area contributed by atoms with E-state index >= 15 is 0 Å². The Bertz CT molecular complexity index is 571. The van der Waals surface area contributed by atoms with E-state index < -0.39 is 17.7 Å². The van der Waals surface area contributed by atoms with Crippen LogP contribution >= 0.6 is 11.8 Å². The number of rotatable bonds is 8. The molecule has 7 nitrogen and oxygen atoms in total. The van der Waals surface area contributed by atoms with Gasteiger partial charge in [0.2, 0.25) is 11.7 Å². The molecular formula is C19H32N4O3S. The first-order chi connectivity index (χ1) is 13.0. The number of carbonyl (C=O) groups excluding carboxylic acids is 3. The molecule has 1 heterocycles. The SMILES string of the molecule is CCC(CC)C(NC(=O)C1CCCCC1)C(=O)C(=O)N/N=C1\SCCN1C. The van der Waals surface area contributed by atoms with Gasteiger partial charge < -0.3 is 10.2 Å². The molecule has 2 N–H and O–H groups in total. The summed E-state index contributed by atoms with van der Waals surface area (Å²) < 4.78 is 0. The zero-order chi connectivity index (χ0) is 19.8. The van der Waals surface area contributed by atoms with Crippen molar-refractivity contribution in [2.45, 2.75) is 64.8 Å². The Morgan fingerprint density at radius 1 is 1.19 bits per heavy atom. The lowest BCUT2D eigenvalue weighted by Gasteiger charge is -2.28. The minimum absolute atomic E-state index is 0.0461. The van der Waals surface area contributed by atoms with E-state index in [1.54, 1.807) is 0 Å².